The van der Waals surface area contributed by atoms with E-state index in [2.05, 4.69) is 53.3 Å². The van der Waals surface area contributed by atoms with Crippen LogP contribution in [-0.2, 0) is 0 Å². The minimum absolute atomic E-state index is 0.642. The first-order chi connectivity index (χ1) is 10.7. The van der Waals surface area contributed by atoms with E-state index < -0.39 is 0 Å². The van der Waals surface area contributed by atoms with E-state index in [0.717, 1.165) is 12.1 Å². The highest BCUT2D eigenvalue weighted by atomic mass is 32.2. The molecule has 0 aromatic carbocycles. The second-order valence-corrected chi connectivity index (χ2v) is 9.90. The maximum atomic E-state index is 2.69. The molecule has 0 atom stereocenters. The molecule has 2 rings (SSSR count). The molecule has 0 aromatic rings. The summed E-state index contributed by atoms with van der Waals surface area (Å²) in [5.74, 6) is 0. The van der Waals surface area contributed by atoms with Crippen molar-refractivity contribution >= 4 is 23.9 Å². The Morgan fingerprint density at radius 1 is 0.727 bits per heavy atom. The molecule has 0 aromatic heterocycles. The SMILES string of the molecule is CCN(SC(C)SN(CC)C1CCCCC1)C1CCCCC1. The van der Waals surface area contributed by atoms with Gasteiger partial charge in [-0.05, 0) is 32.6 Å². The average molecular weight is 345 g/mol. The van der Waals surface area contributed by atoms with Gasteiger partial charge in [0, 0.05) is 25.2 Å². The van der Waals surface area contributed by atoms with Gasteiger partial charge in [0.2, 0.25) is 0 Å². The number of rotatable bonds is 8. The van der Waals surface area contributed by atoms with Crippen LogP contribution in [0.1, 0.15) is 85.0 Å². The van der Waals surface area contributed by atoms with Crippen LogP contribution in [0.5, 0.6) is 0 Å². The van der Waals surface area contributed by atoms with Gasteiger partial charge in [-0.1, -0.05) is 76.3 Å². The van der Waals surface area contributed by atoms with Crippen LogP contribution < -0.4 is 0 Å². The Balaban J connectivity index is 1.79. The van der Waals surface area contributed by atoms with Gasteiger partial charge in [0.15, 0.2) is 0 Å². The monoisotopic (exact) mass is 344 g/mol. The van der Waals surface area contributed by atoms with Crippen molar-refractivity contribution in [1.82, 2.24) is 8.61 Å². The molecule has 0 unspecified atom stereocenters. The molecule has 0 spiro atoms. The molecule has 4 heteroatoms. The zero-order valence-corrected chi connectivity index (χ0v) is 16.6. The van der Waals surface area contributed by atoms with Crippen molar-refractivity contribution in [1.29, 1.82) is 0 Å². The molecule has 130 valence electrons. The van der Waals surface area contributed by atoms with Crippen molar-refractivity contribution in [3.05, 3.63) is 0 Å². The highest BCUT2D eigenvalue weighted by Gasteiger charge is 2.26. The molecule has 2 fully saturated rings. The maximum absolute atomic E-state index is 2.69. The first kappa shape index (κ1) is 19.0. The maximum Gasteiger partial charge on any atom is 0.0768 e. The number of hydrogen-bond donors (Lipinski definition) is 0. The molecular formula is C18H36N2S2. The third-order valence-corrected chi connectivity index (χ3v) is 7.92. The quantitative estimate of drug-likeness (QED) is 0.397. The summed E-state index contributed by atoms with van der Waals surface area (Å²) in [6.45, 7) is 9.45. The summed E-state index contributed by atoms with van der Waals surface area (Å²) in [5.41, 5.74) is 0. The smallest absolute Gasteiger partial charge is 0.0768 e. The van der Waals surface area contributed by atoms with Gasteiger partial charge in [-0.15, -0.1) is 0 Å². The van der Waals surface area contributed by atoms with Crippen molar-refractivity contribution < 1.29 is 0 Å². The zero-order chi connectivity index (χ0) is 15.8. The fourth-order valence-corrected chi connectivity index (χ4v) is 6.62. The van der Waals surface area contributed by atoms with Crippen molar-refractivity contribution in [2.75, 3.05) is 13.1 Å². The Kier molecular flexibility index (Phi) is 9.03. The second kappa shape index (κ2) is 10.5. The summed E-state index contributed by atoms with van der Waals surface area (Å²) >= 11 is 4.23. The first-order valence-corrected chi connectivity index (χ1v) is 11.3. The molecule has 0 aliphatic heterocycles. The van der Waals surface area contributed by atoms with Gasteiger partial charge in [-0.25, -0.2) is 8.61 Å². The Morgan fingerprint density at radius 3 is 1.41 bits per heavy atom. The molecule has 0 radical (unpaired) electrons. The largest absolute Gasteiger partial charge is 0.247 e. The van der Waals surface area contributed by atoms with E-state index in [4.69, 9.17) is 0 Å². The highest BCUT2D eigenvalue weighted by molar-refractivity contribution is 8.14. The Bertz CT molecular complexity index is 261. The van der Waals surface area contributed by atoms with Gasteiger partial charge in [0.1, 0.15) is 0 Å². The lowest BCUT2D eigenvalue weighted by Crippen LogP contribution is -2.35. The van der Waals surface area contributed by atoms with Crippen LogP contribution in [0.25, 0.3) is 0 Å². The Labute approximate surface area is 147 Å². The molecule has 2 saturated carbocycles. The minimum Gasteiger partial charge on any atom is -0.247 e. The van der Waals surface area contributed by atoms with Crippen LogP contribution in [0.2, 0.25) is 0 Å². The normalized spacial score (nSPS) is 22.1. The van der Waals surface area contributed by atoms with E-state index in [9.17, 15) is 0 Å². The van der Waals surface area contributed by atoms with Crippen LogP contribution in [0.4, 0.5) is 0 Å². The van der Waals surface area contributed by atoms with Gasteiger partial charge in [0.05, 0.1) is 4.58 Å². The van der Waals surface area contributed by atoms with Gasteiger partial charge < -0.3 is 0 Å². The fraction of sp³-hybridized carbons (Fsp3) is 1.00. The fourth-order valence-electron chi connectivity index (χ4n) is 3.98. The van der Waals surface area contributed by atoms with Crippen molar-refractivity contribution in [3.63, 3.8) is 0 Å². The molecule has 2 nitrogen and oxygen atoms in total. The van der Waals surface area contributed by atoms with Crippen LogP contribution >= 0.6 is 23.9 Å². The van der Waals surface area contributed by atoms with E-state index in [0.29, 0.717) is 4.58 Å². The van der Waals surface area contributed by atoms with Gasteiger partial charge in [0.25, 0.3) is 0 Å². The molecule has 0 amide bonds. The Hall–Kier alpha value is 0.620. The minimum atomic E-state index is 0.642. The van der Waals surface area contributed by atoms with Crippen LogP contribution in [-0.4, -0.2) is 38.4 Å². The van der Waals surface area contributed by atoms with E-state index in [1.165, 1.54) is 77.3 Å². The van der Waals surface area contributed by atoms with E-state index in [1.54, 1.807) is 0 Å². The lowest BCUT2D eigenvalue weighted by Gasteiger charge is -2.37. The lowest BCUT2D eigenvalue weighted by atomic mass is 9.95. The van der Waals surface area contributed by atoms with Crippen molar-refractivity contribution in [2.24, 2.45) is 0 Å². The topological polar surface area (TPSA) is 6.48 Å². The summed E-state index contributed by atoms with van der Waals surface area (Å²) in [6.07, 6.45) is 14.3. The standard InChI is InChI=1S/C18H36N2S2/c1-4-19(17-12-8-6-9-13-17)21-16(3)22-20(5-2)18-14-10-7-11-15-18/h16-18H,4-15H2,1-3H3. The predicted molar refractivity (Wildman–Crippen MR) is 103 cm³/mol. The van der Waals surface area contributed by atoms with E-state index in [-0.39, 0.29) is 0 Å². The van der Waals surface area contributed by atoms with Gasteiger partial charge in [-0.2, -0.15) is 0 Å². The van der Waals surface area contributed by atoms with Gasteiger partial charge in [-0.3, -0.25) is 0 Å². The predicted octanol–water partition coefficient (Wildman–Crippen LogP) is 5.94. The van der Waals surface area contributed by atoms with E-state index >= 15 is 0 Å². The summed E-state index contributed by atoms with van der Waals surface area (Å²) in [5, 5.41) is 0. The third kappa shape index (κ3) is 5.92. The molecule has 2 aliphatic rings. The average Bonchev–Trinajstić information content (AvgIpc) is 2.59. The van der Waals surface area contributed by atoms with Gasteiger partial charge >= 0.3 is 0 Å². The molecule has 0 bridgehead atoms. The Morgan fingerprint density at radius 2 is 1.09 bits per heavy atom. The molecule has 2 aliphatic carbocycles. The number of nitrogens with zero attached hydrogens (tertiary/aromatic N) is 2. The second-order valence-electron chi connectivity index (χ2n) is 6.83. The molecule has 0 saturated heterocycles. The molecule has 0 heterocycles. The van der Waals surface area contributed by atoms with Crippen LogP contribution in [0, 0.1) is 0 Å². The molecular weight excluding hydrogens is 308 g/mol. The van der Waals surface area contributed by atoms with Crippen molar-refractivity contribution in [3.8, 4) is 0 Å². The molecule has 22 heavy (non-hydrogen) atoms. The van der Waals surface area contributed by atoms with Crippen LogP contribution in [0.3, 0.4) is 0 Å². The molecule has 0 N–H and O–H groups in total. The first-order valence-electron chi connectivity index (χ1n) is 9.61. The lowest BCUT2D eigenvalue weighted by molar-refractivity contribution is 0.278. The highest BCUT2D eigenvalue weighted by Crippen LogP contribution is 2.36. The third-order valence-electron chi connectivity index (χ3n) is 5.15. The summed E-state index contributed by atoms with van der Waals surface area (Å²) in [4.78, 5) is 0. The number of hydrogen-bond acceptors (Lipinski definition) is 4. The summed E-state index contributed by atoms with van der Waals surface area (Å²) < 4.78 is 6.01. The van der Waals surface area contributed by atoms with Crippen LogP contribution in [0.15, 0.2) is 0 Å². The zero-order valence-electron chi connectivity index (χ0n) is 14.9. The van der Waals surface area contributed by atoms with Crippen molar-refractivity contribution in [2.45, 2.75) is 102 Å². The summed E-state index contributed by atoms with van der Waals surface area (Å²) in [6, 6.07) is 1.66. The summed E-state index contributed by atoms with van der Waals surface area (Å²) in [7, 11) is 0. The van der Waals surface area contributed by atoms with E-state index in [1.807, 2.05) is 0 Å².